The number of thioether (sulfide) groups is 1. The molecule has 722 valence electrons. The second-order valence-corrected chi connectivity index (χ2v) is 34.0. The summed E-state index contributed by atoms with van der Waals surface area (Å²) in [6.45, 7) is 3.34. The number of phenols is 10. The molecule has 0 saturated carbocycles. The van der Waals surface area contributed by atoms with Crippen LogP contribution in [0.1, 0.15) is 33.2 Å². The number of aryl methyl sites for hydroxylation is 1. The second kappa shape index (κ2) is 46.6. The van der Waals surface area contributed by atoms with Crippen LogP contribution >= 0.6 is 11.8 Å². The molecule has 20 rings (SSSR count). The number of aromatic hydroxyl groups is 10. The Balaban J connectivity index is 0.000000138. The topological polar surface area (TPSA) is 574 Å². The normalized spacial score (nSPS) is 10.7. The molecule has 5 aromatic heterocycles. The first-order valence-corrected chi connectivity index (χ1v) is 46.3. The first-order valence-electron chi connectivity index (χ1n) is 44.0. The number of nitriles is 1. The summed E-state index contributed by atoms with van der Waals surface area (Å²) in [6.07, 6.45) is 0. The van der Waals surface area contributed by atoms with Gasteiger partial charge >= 0.3 is 35.5 Å². The van der Waals surface area contributed by atoms with Gasteiger partial charge in [-0.15, -0.1) is 0 Å². The molecule has 0 unspecified atom stereocenters. The number of nitrogens with zero attached hydrogens (tertiary/aromatic N) is 17. The fraction of sp³-hybridized carbons (Fsp3) is 0.0182. The predicted octanol–water partition coefficient (Wildman–Crippen LogP) is 18.0. The molecule has 0 aliphatic carbocycles. The van der Waals surface area contributed by atoms with Crippen molar-refractivity contribution in [1.29, 1.82) is 5.26 Å². The van der Waals surface area contributed by atoms with Crippen LogP contribution in [0.4, 0.5) is 5.69 Å². The molecule has 0 aliphatic heterocycles. The Labute approximate surface area is 868 Å². The maximum absolute atomic E-state index is 11.5. The number of nitro groups is 1. The number of rotatable bonds is 20. The van der Waals surface area contributed by atoms with E-state index in [1.165, 1.54) is 97.9 Å². The van der Waals surface area contributed by atoms with Crippen molar-refractivity contribution < 1.29 is 113 Å². The largest absolute Gasteiger partial charge is 1.00 e. The number of Topliss-reactive ketones (excluding diaryl/α,β-unsaturated/α-hetero) is 1. The van der Waals surface area contributed by atoms with Crippen molar-refractivity contribution in [3.05, 3.63) is 385 Å². The van der Waals surface area contributed by atoms with Gasteiger partial charge in [0.1, 0.15) is 73.0 Å². The van der Waals surface area contributed by atoms with Gasteiger partial charge in [0.15, 0.2) is 93.1 Å². The van der Waals surface area contributed by atoms with Gasteiger partial charge in [0.05, 0.1) is 71.0 Å². The maximum Gasteiger partial charge on any atom is 1.00 e. The number of ketones is 1. The van der Waals surface area contributed by atoms with E-state index in [1.54, 1.807) is 243 Å². The van der Waals surface area contributed by atoms with Gasteiger partial charge in [-0.25, -0.2) is 88.0 Å². The van der Waals surface area contributed by atoms with Crippen molar-refractivity contribution >= 4 is 39.3 Å². The number of carbonyl (C=O) groups is 2. The number of aromatic nitrogens is 15. The quantitative estimate of drug-likeness (QED) is 0.00642. The summed E-state index contributed by atoms with van der Waals surface area (Å²) in [5.74, 6) is 2.92. The number of carboxylic acid groups (broad SMARTS) is 1. The van der Waals surface area contributed by atoms with Crippen LogP contribution in [-0.4, -0.2) is 161 Å². The SMILES string of the molecule is CC(=O)c1ccc(-c2nc(-c3ccccc3O)nc(-c3ccccc3O)n2)cc1.Cc1ccc(-c2nc(-c3ccc(S(=O)(=O)[O-])cc3)nc(-c3ccccc3O)n2)c(O)c1.N#CSc1ccc(-c2nc(-c3ccccc3O)nc(-c3ccccc3O)n2)cc1.O=C(O)c1ccc(-c2nc(-c3ccccc3O)nc(-c3ccccc3O)n2)cc1.O=[N+]([O-])c1ccc(-c2nc(-c3ccccc3O)nc(-c3ccccc3O)n2)cc1.[Na+]. The molecule has 0 amide bonds. The molecule has 0 aliphatic rings. The van der Waals surface area contributed by atoms with Crippen molar-refractivity contribution in [1.82, 2.24) is 74.8 Å². The first kappa shape index (κ1) is 103. The third-order valence-electron chi connectivity index (χ3n) is 21.8. The molecule has 0 saturated heterocycles. The van der Waals surface area contributed by atoms with E-state index >= 15 is 0 Å². The first-order chi connectivity index (χ1) is 70.9. The Morgan fingerprint density at radius 1 is 0.291 bits per heavy atom. The summed E-state index contributed by atoms with van der Waals surface area (Å²) in [7, 11) is -4.59. The zero-order valence-electron chi connectivity index (χ0n) is 77.8. The number of hydrogen-bond donors (Lipinski definition) is 11. The summed E-state index contributed by atoms with van der Waals surface area (Å²) >= 11 is 1.07. The monoisotopic (exact) mass is 2010 g/mol. The number of aromatic carboxylic acids is 1. The average molecular weight is 2010 g/mol. The number of benzene rings is 15. The summed E-state index contributed by atoms with van der Waals surface area (Å²) < 4.78 is 33.6. The van der Waals surface area contributed by atoms with Crippen molar-refractivity contribution in [3.63, 3.8) is 0 Å². The van der Waals surface area contributed by atoms with Gasteiger partial charge in [0, 0.05) is 50.4 Å². The molecule has 148 heavy (non-hydrogen) atoms. The number of carboxylic acids is 1. The van der Waals surface area contributed by atoms with Crippen LogP contribution < -0.4 is 29.6 Å². The van der Waals surface area contributed by atoms with Crippen molar-refractivity contribution in [2.45, 2.75) is 23.6 Å². The van der Waals surface area contributed by atoms with Crippen LogP contribution in [-0.2, 0) is 10.1 Å². The van der Waals surface area contributed by atoms with E-state index in [2.05, 4.69) is 74.8 Å². The Kier molecular flexibility index (Phi) is 32.4. The Morgan fingerprint density at radius 3 is 0.696 bits per heavy atom. The summed E-state index contributed by atoms with van der Waals surface area (Å²) in [4.78, 5) is 100. The van der Waals surface area contributed by atoms with Gasteiger partial charge in [-0.05, 0) is 213 Å². The van der Waals surface area contributed by atoms with E-state index in [9.17, 15) is 83.7 Å². The van der Waals surface area contributed by atoms with Gasteiger partial charge in [0.2, 0.25) is 0 Å². The van der Waals surface area contributed by atoms with Crippen molar-refractivity contribution in [3.8, 4) is 234 Å². The fourth-order valence-electron chi connectivity index (χ4n) is 14.4. The minimum atomic E-state index is -4.59. The third kappa shape index (κ3) is 24.8. The van der Waals surface area contributed by atoms with E-state index in [0.717, 1.165) is 27.8 Å². The smallest absolute Gasteiger partial charge is 0.744 e. The molecular weight excluding hydrogens is 1930 g/mol. The Hall–Kier alpha value is -19.4. The van der Waals surface area contributed by atoms with Crippen LogP contribution in [0, 0.1) is 27.7 Å². The average Bonchev–Trinajstić information content (AvgIpc) is 0.801. The molecule has 35 nitrogen and oxygen atoms in total. The van der Waals surface area contributed by atoms with Gasteiger partial charge in [0.25, 0.3) is 5.69 Å². The molecule has 11 N–H and O–H groups in total. The molecule has 5 heterocycles. The van der Waals surface area contributed by atoms with Crippen LogP contribution in [0.3, 0.4) is 0 Å². The summed E-state index contributed by atoms with van der Waals surface area (Å²) in [6, 6.07) is 96.4. The molecule has 20 aromatic rings. The fourth-order valence-corrected chi connectivity index (χ4v) is 15.2. The Bertz CT molecular complexity index is 7820. The number of hydrogen-bond acceptors (Lipinski definition) is 34. The molecule has 38 heteroatoms. The maximum atomic E-state index is 11.5. The zero-order chi connectivity index (χ0) is 104. The standard InChI is InChI=1S/C23H17N3O3.C22H14N4O2S.C22H17N3O5S.C22H15N3O4.C21H14N4O4.Na/c1-14(27)15-10-12-16(13-11-15)21-24-22(17-6-2-4-8-19(17)28)26-23(25-21)18-7-3-5-9-20(18)29;23-13-29-15-11-9-14(10-12-15)20-24-21(16-5-1-3-7-18(16)27)26-22(25-20)17-6-2-4-8-19(17)28;1-13-6-11-17(19(27)12-13)22-24-20(14-7-9-15(10-8-14)31(28,29)30)23-21(25-22)16-4-2-3-5-18(16)26;26-17-7-3-1-5-15(17)20-23-19(13-9-11-14(12-10-13)22(28)29)24-21(25-20)16-6-2-4-8-18(16)27;26-17-7-3-1-5-15(17)20-22-19(13-9-11-14(12-10-13)25(28)29)23-21(24-20)16-6-2-4-8-18(16)27;/h2-13,28-29H,1H3;1-12,27-28H;2-12,26-27H,1H3,(H,28,29,30);1-12,26-27H,(H,28,29);1-12,26-27H;/q;;;;;+1/p-1. The van der Waals surface area contributed by atoms with E-state index in [-0.39, 0.29) is 173 Å². The number of non-ortho nitro benzene ring substituents is 1. The Morgan fingerprint density at radius 2 is 0.493 bits per heavy atom. The van der Waals surface area contributed by atoms with E-state index in [4.69, 9.17) is 10.4 Å². The van der Waals surface area contributed by atoms with Crippen molar-refractivity contribution in [2.24, 2.45) is 0 Å². The molecule has 0 spiro atoms. The molecule has 0 fully saturated rings. The summed E-state index contributed by atoms with van der Waals surface area (Å²) in [5.41, 5.74) is 8.65. The molecule has 0 bridgehead atoms. The molecular formula is C110H76N17NaO18S2. The molecule has 0 radical (unpaired) electrons. The van der Waals surface area contributed by atoms with Gasteiger partial charge in [-0.3, -0.25) is 14.9 Å². The minimum absolute atomic E-state index is 0. The number of thiocyanates is 1. The van der Waals surface area contributed by atoms with Gasteiger partial charge in [-0.1, -0.05) is 164 Å². The van der Waals surface area contributed by atoms with E-state index in [0.29, 0.717) is 107 Å². The van der Waals surface area contributed by atoms with Crippen LogP contribution in [0.25, 0.3) is 171 Å². The minimum Gasteiger partial charge on any atom is -0.744 e. The second-order valence-electron chi connectivity index (χ2n) is 31.7. The summed E-state index contributed by atoms with van der Waals surface area (Å²) in [5, 5.41) is 133. The van der Waals surface area contributed by atoms with E-state index < -0.39 is 21.0 Å². The molecule has 0 atom stereocenters. The number of carbonyl (C=O) groups excluding carboxylic acids is 1. The number of nitro benzene ring substituents is 1. The van der Waals surface area contributed by atoms with Crippen LogP contribution in [0.15, 0.2) is 368 Å². The van der Waals surface area contributed by atoms with Gasteiger partial charge in [-0.2, -0.15) is 5.26 Å². The number of phenolic OH excluding ortho intramolecular Hbond substituents is 10. The zero-order valence-corrected chi connectivity index (χ0v) is 81.4. The predicted molar refractivity (Wildman–Crippen MR) is 545 cm³/mol. The van der Waals surface area contributed by atoms with Crippen molar-refractivity contribution in [2.75, 3.05) is 0 Å². The van der Waals surface area contributed by atoms with Crippen LogP contribution in [0.2, 0.25) is 0 Å². The van der Waals surface area contributed by atoms with Gasteiger partial charge < -0.3 is 60.7 Å². The third-order valence-corrected chi connectivity index (χ3v) is 23.3. The number of para-hydroxylation sites is 9. The van der Waals surface area contributed by atoms with Crippen LogP contribution in [0.5, 0.6) is 57.5 Å². The molecule has 15 aromatic carbocycles. The van der Waals surface area contributed by atoms with E-state index in [1.807, 2.05) is 36.6 Å².